The molecule has 0 atom stereocenters. The number of nitrogens with zero attached hydrogens (tertiary/aromatic N) is 4. The fourth-order valence-electron chi connectivity index (χ4n) is 14.2. The molecule has 0 unspecified atom stereocenters. The Bertz CT molecular complexity index is 4570. The second-order valence-corrected chi connectivity index (χ2v) is 22.2. The summed E-state index contributed by atoms with van der Waals surface area (Å²) in [5, 5.41) is 2.46. The van der Waals surface area contributed by atoms with Crippen LogP contribution in [0.5, 0.6) is 0 Å². The molecular weight excluding hydrogens is 978 g/mol. The van der Waals surface area contributed by atoms with E-state index in [1.165, 1.54) is 111 Å². The molecule has 0 saturated heterocycles. The van der Waals surface area contributed by atoms with E-state index in [1.807, 2.05) is 0 Å². The van der Waals surface area contributed by atoms with Crippen molar-refractivity contribution in [2.45, 2.75) is 20.8 Å². The van der Waals surface area contributed by atoms with Crippen molar-refractivity contribution in [2.75, 3.05) is 14.7 Å². The quantitative estimate of drug-likeness (QED) is 0.148. The lowest BCUT2D eigenvalue weighted by Gasteiger charge is -2.46. The van der Waals surface area contributed by atoms with Crippen LogP contribution in [0.25, 0.3) is 49.7 Å². The summed E-state index contributed by atoms with van der Waals surface area (Å²) in [7, 11) is 0. The molecule has 0 saturated carbocycles. The zero-order chi connectivity index (χ0) is 53.9. The highest BCUT2D eigenvalue weighted by Gasteiger charge is 2.47. The third-order valence-corrected chi connectivity index (χ3v) is 17.5. The highest BCUT2D eigenvalue weighted by Crippen LogP contribution is 2.49. The van der Waals surface area contributed by atoms with E-state index in [9.17, 15) is 0 Å². The lowest BCUT2D eigenvalue weighted by Crippen LogP contribution is -2.64. The molecule has 16 rings (SSSR count). The molecule has 4 nitrogen and oxygen atoms in total. The van der Waals surface area contributed by atoms with Gasteiger partial charge in [0.25, 0.3) is 6.71 Å². The van der Waals surface area contributed by atoms with Crippen molar-refractivity contribution in [1.82, 2.24) is 4.57 Å². The van der Waals surface area contributed by atoms with E-state index in [2.05, 4.69) is 313 Å². The number of aromatic nitrogens is 1. The zero-order valence-electron chi connectivity index (χ0n) is 45.4. The Hall–Kier alpha value is -10.0. The maximum atomic E-state index is 2.63. The van der Waals surface area contributed by atoms with Crippen molar-refractivity contribution >= 4 is 119 Å². The number of para-hydroxylation sites is 5. The molecule has 0 radical (unpaired) electrons. The molecule has 380 valence electrons. The minimum atomic E-state index is -0.154. The van der Waals surface area contributed by atoms with Crippen molar-refractivity contribution in [3.05, 3.63) is 290 Å². The number of aryl methyl sites for hydroxylation is 3. The third kappa shape index (κ3) is 7.33. The van der Waals surface area contributed by atoms with Gasteiger partial charge in [-0.1, -0.05) is 216 Å². The van der Waals surface area contributed by atoms with Gasteiger partial charge in [-0.25, -0.2) is 0 Å². The minimum absolute atomic E-state index is 0.0356. The van der Waals surface area contributed by atoms with E-state index >= 15 is 0 Å². The molecule has 1 aromatic heterocycles. The van der Waals surface area contributed by atoms with E-state index < -0.39 is 0 Å². The Balaban J connectivity index is 1.06. The van der Waals surface area contributed by atoms with E-state index in [0.29, 0.717) is 0 Å². The summed E-state index contributed by atoms with van der Waals surface area (Å²) in [5.74, 6) is 0. The first-order valence-corrected chi connectivity index (χ1v) is 28.3. The Kier molecular flexibility index (Phi) is 10.8. The maximum absolute atomic E-state index is 2.63. The number of fused-ring (bicyclic) bond motifs is 9. The average Bonchev–Trinajstić information content (AvgIpc) is 3.91. The van der Waals surface area contributed by atoms with Crippen molar-refractivity contribution in [3.8, 4) is 27.9 Å². The molecule has 0 spiro atoms. The van der Waals surface area contributed by atoms with Gasteiger partial charge in [-0.3, -0.25) is 0 Å². The Morgan fingerprint density at radius 1 is 0.259 bits per heavy atom. The monoisotopic (exact) mass is 1030 g/mol. The van der Waals surface area contributed by atoms with Gasteiger partial charge >= 0.3 is 0 Å². The average molecular weight is 1030 g/mol. The molecule has 0 bridgehead atoms. The minimum Gasteiger partial charge on any atom is -0.311 e. The van der Waals surface area contributed by atoms with Gasteiger partial charge in [0.2, 0.25) is 6.71 Å². The summed E-state index contributed by atoms with van der Waals surface area (Å²) < 4.78 is 2.50. The smallest absolute Gasteiger partial charge is 0.252 e. The summed E-state index contributed by atoms with van der Waals surface area (Å²) in [6.45, 7) is 6.67. The molecular formula is C75H54B2N4. The second-order valence-electron chi connectivity index (χ2n) is 22.2. The van der Waals surface area contributed by atoms with E-state index in [1.54, 1.807) is 0 Å². The predicted octanol–water partition coefficient (Wildman–Crippen LogP) is 15.4. The van der Waals surface area contributed by atoms with Crippen LogP contribution in [-0.4, -0.2) is 18.0 Å². The van der Waals surface area contributed by atoms with E-state index in [4.69, 9.17) is 0 Å². The lowest BCUT2D eigenvalue weighted by molar-refractivity contribution is 1.16. The van der Waals surface area contributed by atoms with Crippen molar-refractivity contribution in [3.63, 3.8) is 0 Å². The summed E-state index contributed by atoms with van der Waals surface area (Å²) in [6.07, 6.45) is 0. The number of rotatable bonds is 7. The molecule has 12 aromatic carbocycles. The van der Waals surface area contributed by atoms with Crippen molar-refractivity contribution < 1.29 is 0 Å². The molecule has 4 heterocycles. The maximum Gasteiger partial charge on any atom is 0.252 e. The van der Waals surface area contributed by atoms with Gasteiger partial charge in [-0.05, 0) is 149 Å². The van der Waals surface area contributed by atoms with Crippen LogP contribution in [0.1, 0.15) is 16.7 Å². The van der Waals surface area contributed by atoms with Gasteiger partial charge in [0.05, 0.1) is 16.7 Å². The standard InChI is InChI=1S/C75H54B2N4/c1-49-41-50(2)74(51(3)42-49)76-62-35-18-21-38-68(62)78(56-28-12-6-13-29-56)70-48-71-65(47-64(70)76)77-63-40-39-55(53-25-10-5-11-26-53)44-69(63)80(58-32-22-27-54(43-58)52-23-8-4-9-24-52)73-46-59(45-72(75(73)77)79(71)57-30-14-7-15-31-57)81-66-36-19-16-33-60(66)61-34-17-20-37-67(61)81/h4-48H,1-3H3. The molecule has 81 heavy (non-hydrogen) atoms. The Morgan fingerprint density at radius 3 is 1.31 bits per heavy atom. The first-order valence-electron chi connectivity index (χ1n) is 28.3. The zero-order valence-corrected chi connectivity index (χ0v) is 45.4. The van der Waals surface area contributed by atoms with Crippen molar-refractivity contribution in [2.24, 2.45) is 0 Å². The van der Waals surface area contributed by atoms with Gasteiger partial charge in [0.15, 0.2) is 0 Å². The van der Waals surface area contributed by atoms with Crippen LogP contribution >= 0.6 is 0 Å². The number of benzene rings is 12. The topological polar surface area (TPSA) is 14.7 Å². The summed E-state index contributed by atoms with van der Waals surface area (Å²) in [4.78, 5) is 7.70. The summed E-state index contributed by atoms with van der Waals surface area (Å²) in [5.41, 5.74) is 30.2. The van der Waals surface area contributed by atoms with Crippen LogP contribution in [-0.2, 0) is 0 Å². The fourth-order valence-corrected chi connectivity index (χ4v) is 14.2. The largest absolute Gasteiger partial charge is 0.311 e. The first-order chi connectivity index (χ1) is 39.9. The highest BCUT2D eigenvalue weighted by molar-refractivity contribution is 7.02. The Labute approximate surface area is 474 Å². The molecule has 13 aromatic rings. The Morgan fingerprint density at radius 2 is 0.704 bits per heavy atom. The number of hydrogen-bond donors (Lipinski definition) is 0. The molecule has 0 fully saturated rings. The molecule has 3 aliphatic rings. The van der Waals surface area contributed by atoms with Crippen LogP contribution in [0.3, 0.4) is 0 Å². The molecule has 3 aliphatic heterocycles. The van der Waals surface area contributed by atoms with Crippen LogP contribution in [0.2, 0.25) is 0 Å². The molecule has 6 heteroatoms. The normalized spacial score (nSPS) is 13.0. The van der Waals surface area contributed by atoms with Gasteiger partial charge in [0, 0.05) is 62.0 Å². The summed E-state index contributed by atoms with van der Waals surface area (Å²) >= 11 is 0. The molecule has 0 amide bonds. The SMILES string of the molecule is Cc1cc(C)c(B2c3ccccc3N(c3ccccc3)c3cc4c(cc32)B2c3ccc(-c5ccccc5)cc3N(c3cccc(-c5ccccc5)c3)c3cc(-n5c6ccccc6c6ccccc65)cc(c32)N4c2ccccc2)c(C)c1. The predicted molar refractivity (Wildman–Crippen MR) is 346 cm³/mol. The molecule has 0 aliphatic carbocycles. The van der Waals surface area contributed by atoms with E-state index in [0.717, 1.165) is 39.8 Å². The van der Waals surface area contributed by atoms with Crippen LogP contribution in [0.4, 0.5) is 51.2 Å². The highest BCUT2D eigenvalue weighted by atomic mass is 15.2. The number of hydrogen-bond acceptors (Lipinski definition) is 3. The van der Waals surface area contributed by atoms with E-state index in [-0.39, 0.29) is 13.4 Å². The second kappa shape index (κ2) is 18.5. The van der Waals surface area contributed by atoms with Gasteiger partial charge in [0.1, 0.15) is 0 Å². The van der Waals surface area contributed by atoms with Crippen molar-refractivity contribution in [1.29, 1.82) is 0 Å². The van der Waals surface area contributed by atoms with Crippen LogP contribution < -0.4 is 47.5 Å². The number of anilines is 9. The molecule has 0 N–H and O–H groups in total. The lowest BCUT2D eigenvalue weighted by atomic mass is 9.30. The third-order valence-electron chi connectivity index (χ3n) is 17.5. The van der Waals surface area contributed by atoms with Gasteiger partial charge in [-0.15, -0.1) is 0 Å². The van der Waals surface area contributed by atoms with Crippen LogP contribution in [0, 0.1) is 20.8 Å². The van der Waals surface area contributed by atoms with Gasteiger partial charge < -0.3 is 19.3 Å². The first kappa shape index (κ1) is 47.0. The van der Waals surface area contributed by atoms with Gasteiger partial charge in [-0.2, -0.15) is 0 Å². The summed E-state index contributed by atoms with van der Waals surface area (Å²) in [6, 6.07) is 102. The van der Waals surface area contributed by atoms with Crippen LogP contribution in [0.15, 0.2) is 273 Å². The fraction of sp³-hybridized carbons (Fsp3) is 0.0400.